The van der Waals surface area contributed by atoms with Gasteiger partial charge >= 0.3 is 11.9 Å². The van der Waals surface area contributed by atoms with E-state index in [1.807, 2.05) is 0 Å². The Morgan fingerprint density at radius 1 is 1.26 bits per heavy atom. The van der Waals surface area contributed by atoms with E-state index in [1.54, 1.807) is 0 Å². The molecule has 5 N–H and O–H groups in total. The standard InChI is InChI=1S/C16H24N4O7/c1-9(21)14(16(26)27-2)20-15(25)11(6-10-7-17-8-18-10)19-12(22)4-3-5-13(23)24/h7-9,11,14,21H,3-6H2,1-2H3,(H,17,18)(H,19,22)(H,20,25)(H,23,24). The lowest BCUT2D eigenvalue weighted by atomic mass is 10.1. The third-order valence-corrected chi connectivity index (χ3v) is 3.66. The highest BCUT2D eigenvalue weighted by molar-refractivity contribution is 5.91. The molecule has 27 heavy (non-hydrogen) atoms. The zero-order chi connectivity index (χ0) is 20.4. The summed E-state index contributed by atoms with van der Waals surface area (Å²) in [5.74, 6) is -3.06. The van der Waals surface area contributed by atoms with E-state index in [0.29, 0.717) is 5.69 Å². The molecule has 0 aliphatic rings. The highest BCUT2D eigenvalue weighted by Crippen LogP contribution is 2.04. The number of aliphatic hydroxyl groups excluding tert-OH is 1. The van der Waals surface area contributed by atoms with Crippen LogP contribution in [0.1, 0.15) is 31.9 Å². The number of amides is 2. The number of carbonyl (C=O) groups is 4. The Morgan fingerprint density at radius 2 is 1.96 bits per heavy atom. The topological polar surface area (TPSA) is 171 Å². The normalized spacial score (nSPS) is 13.9. The van der Waals surface area contributed by atoms with Gasteiger partial charge in [0.2, 0.25) is 11.8 Å². The van der Waals surface area contributed by atoms with Crippen LogP contribution in [0, 0.1) is 0 Å². The molecular weight excluding hydrogens is 360 g/mol. The van der Waals surface area contributed by atoms with E-state index in [0.717, 1.165) is 7.11 Å². The highest BCUT2D eigenvalue weighted by atomic mass is 16.5. The summed E-state index contributed by atoms with van der Waals surface area (Å²) in [5, 5.41) is 23.2. The van der Waals surface area contributed by atoms with E-state index in [9.17, 15) is 24.3 Å². The zero-order valence-electron chi connectivity index (χ0n) is 15.1. The van der Waals surface area contributed by atoms with Crippen molar-refractivity contribution in [3.63, 3.8) is 0 Å². The summed E-state index contributed by atoms with van der Waals surface area (Å²) in [7, 11) is 1.12. The maximum Gasteiger partial charge on any atom is 0.331 e. The molecule has 1 heterocycles. The van der Waals surface area contributed by atoms with Crippen molar-refractivity contribution in [2.45, 2.75) is 50.8 Å². The second-order valence-corrected chi connectivity index (χ2v) is 5.90. The van der Waals surface area contributed by atoms with Crippen LogP contribution in [0.4, 0.5) is 0 Å². The van der Waals surface area contributed by atoms with E-state index in [4.69, 9.17) is 5.11 Å². The first kappa shape index (κ1) is 22.1. The number of hydrogen-bond acceptors (Lipinski definition) is 7. The lowest BCUT2D eigenvalue weighted by Gasteiger charge is -2.23. The summed E-state index contributed by atoms with van der Waals surface area (Å²) in [6, 6.07) is -2.36. The second-order valence-electron chi connectivity index (χ2n) is 5.90. The summed E-state index contributed by atoms with van der Waals surface area (Å²) in [4.78, 5) is 53.4. The van der Waals surface area contributed by atoms with Crippen molar-refractivity contribution in [3.05, 3.63) is 18.2 Å². The summed E-state index contributed by atoms with van der Waals surface area (Å²) >= 11 is 0. The van der Waals surface area contributed by atoms with Gasteiger partial charge in [-0.15, -0.1) is 0 Å². The Labute approximate surface area is 155 Å². The second kappa shape index (κ2) is 10.9. The summed E-state index contributed by atoms with van der Waals surface area (Å²) in [6.45, 7) is 1.32. The molecule has 0 saturated carbocycles. The first-order valence-electron chi connectivity index (χ1n) is 8.29. The van der Waals surface area contributed by atoms with Crippen molar-refractivity contribution in [1.29, 1.82) is 0 Å². The Morgan fingerprint density at radius 3 is 2.48 bits per heavy atom. The van der Waals surface area contributed by atoms with Gasteiger partial charge in [-0.25, -0.2) is 9.78 Å². The van der Waals surface area contributed by atoms with Crippen LogP contribution in [-0.2, 0) is 30.3 Å². The van der Waals surface area contributed by atoms with E-state index >= 15 is 0 Å². The summed E-state index contributed by atoms with van der Waals surface area (Å²) < 4.78 is 4.54. The molecule has 1 aromatic rings. The lowest BCUT2D eigenvalue weighted by molar-refractivity contribution is -0.148. The van der Waals surface area contributed by atoms with Gasteiger partial charge in [0.05, 0.1) is 19.5 Å². The average Bonchev–Trinajstić information content (AvgIpc) is 3.10. The van der Waals surface area contributed by atoms with E-state index in [2.05, 4.69) is 25.3 Å². The maximum absolute atomic E-state index is 12.5. The molecule has 0 spiro atoms. The van der Waals surface area contributed by atoms with Gasteiger partial charge in [0.15, 0.2) is 6.04 Å². The fourth-order valence-corrected chi connectivity index (χ4v) is 2.25. The molecule has 0 aliphatic heterocycles. The van der Waals surface area contributed by atoms with Crippen LogP contribution in [-0.4, -0.2) is 69.2 Å². The van der Waals surface area contributed by atoms with Crippen LogP contribution < -0.4 is 10.6 Å². The Balaban J connectivity index is 2.80. The van der Waals surface area contributed by atoms with E-state index in [-0.39, 0.29) is 25.7 Å². The molecular formula is C16H24N4O7. The molecule has 3 unspecified atom stereocenters. The Bertz CT molecular complexity index is 645. The van der Waals surface area contributed by atoms with Crippen LogP contribution in [0.25, 0.3) is 0 Å². The first-order chi connectivity index (χ1) is 12.7. The van der Waals surface area contributed by atoms with Crippen molar-refractivity contribution >= 4 is 23.8 Å². The number of nitrogens with zero attached hydrogens (tertiary/aromatic N) is 1. The number of carboxylic acid groups (broad SMARTS) is 1. The third kappa shape index (κ3) is 7.86. The third-order valence-electron chi connectivity index (χ3n) is 3.66. The number of nitrogens with one attached hydrogen (secondary N) is 3. The number of aromatic nitrogens is 2. The van der Waals surface area contributed by atoms with Gasteiger partial charge in [0.25, 0.3) is 0 Å². The fourth-order valence-electron chi connectivity index (χ4n) is 2.25. The molecule has 3 atom stereocenters. The number of methoxy groups -OCH3 is 1. The molecule has 0 fully saturated rings. The van der Waals surface area contributed by atoms with E-state index < -0.39 is 41.9 Å². The number of aromatic amines is 1. The van der Waals surface area contributed by atoms with Crippen LogP contribution in [0.3, 0.4) is 0 Å². The van der Waals surface area contributed by atoms with Crippen LogP contribution >= 0.6 is 0 Å². The number of carbonyl (C=O) groups excluding carboxylic acids is 3. The van der Waals surface area contributed by atoms with Crippen molar-refractivity contribution in [1.82, 2.24) is 20.6 Å². The molecule has 150 valence electrons. The summed E-state index contributed by atoms with van der Waals surface area (Å²) in [6.07, 6.45) is 1.62. The smallest absolute Gasteiger partial charge is 0.331 e. The molecule has 0 radical (unpaired) electrons. The number of aliphatic carboxylic acids is 1. The molecule has 0 saturated heterocycles. The summed E-state index contributed by atoms with van der Waals surface area (Å²) in [5.41, 5.74) is 0.563. The van der Waals surface area contributed by atoms with Gasteiger partial charge < -0.3 is 30.6 Å². The van der Waals surface area contributed by atoms with Crippen molar-refractivity contribution in [2.75, 3.05) is 7.11 Å². The van der Waals surface area contributed by atoms with Crippen molar-refractivity contribution in [3.8, 4) is 0 Å². The minimum absolute atomic E-state index is 0.0597. The predicted molar refractivity (Wildman–Crippen MR) is 91.3 cm³/mol. The minimum Gasteiger partial charge on any atom is -0.481 e. The van der Waals surface area contributed by atoms with Crippen LogP contribution in [0.5, 0.6) is 0 Å². The number of carboxylic acids is 1. The number of imidazole rings is 1. The van der Waals surface area contributed by atoms with Crippen molar-refractivity contribution in [2.24, 2.45) is 0 Å². The zero-order valence-corrected chi connectivity index (χ0v) is 15.1. The highest BCUT2D eigenvalue weighted by Gasteiger charge is 2.30. The number of H-pyrrole nitrogens is 1. The molecule has 11 nitrogen and oxygen atoms in total. The molecule has 1 aromatic heterocycles. The molecule has 2 amide bonds. The number of esters is 1. The number of aliphatic hydroxyl groups is 1. The Kier molecular flexibility index (Phi) is 8.93. The number of rotatable bonds is 11. The molecule has 11 heteroatoms. The van der Waals surface area contributed by atoms with Gasteiger partial charge in [0.1, 0.15) is 6.04 Å². The quantitative estimate of drug-likeness (QED) is 0.294. The van der Waals surface area contributed by atoms with Gasteiger partial charge in [-0.05, 0) is 13.3 Å². The monoisotopic (exact) mass is 384 g/mol. The number of ether oxygens (including phenoxy) is 1. The largest absolute Gasteiger partial charge is 0.481 e. The van der Waals surface area contributed by atoms with Gasteiger partial charge in [-0.1, -0.05) is 0 Å². The van der Waals surface area contributed by atoms with Crippen LogP contribution in [0.2, 0.25) is 0 Å². The molecule has 0 bridgehead atoms. The SMILES string of the molecule is COC(=O)C(NC(=O)C(Cc1cnc[nH]1)NC(=O)CCCC(=O)O)C(C)O. The maximum atomic E-state index is 12.5. The molecule has 1 rings (SSSR count). The molecule has 0 aliphatic carbocycles. The fraction of sp³-hybridized carbons (Fsp3) is 0.562. The Hall–Kier alpha value is -2.95. The van der Waals surface area contributed by atoms with Crippen LogP contribution in [0.15, 0.2) is 12.5 Å². The van der Waals surface area contributed by atoms with E-state index in [1.165, 1.54) is 19.4 Å². The van der Waals surface area contributed by atoms with Gasteiger partial charge in [0, 0.05) is 31.2 Å². The number of hydrogen-bond donors (Lipinski definition) is 5. The van der Waals surface area contributed by atoms with Crippen molar-refractivity contribution < 1.29 is 34.1 Å². The first-order valence-corrected chi connectivity index (χ1v) is 8.29. The predicted octanol–water partition coefficient (Wildman–Crippen LogP) is -1.27. The van der Waals surface area contributed by atoms with Gasteiger partial charge in [-0.3, -0.25) is 14.4 Å². The molecule has 0 aromatic carbocycles. The lowest BCUT2D eigenvalue weighted by Crippen LogP contribution is -2.55. The van der Waals surface area contributed by atoms with Gasteiger partial charge in [-0.2, -0.15) is 0 Å². The average molecular weight is 384 g/mol. The minimum atomic E-state index is -1.30.